The van der Waals surface area contributed by atoms with Gasteiger partial charge in [0, 0.05) is 25.0 Å². The molecule has 2 N–H and O–H groups in total. The number of nitrogens with zero attached hydrogens (tertiary/aromatic N) is 4. The molecule has 1 aliphatic rings. The summed E-state index contributed by atoms with van der Waals surface area (Å²) in [5.74, 6) is 1.13. The minimum atomic E-state index is -0.252. The Bertz CT molecular complexity index is 1080. The molecule has 8 heteroatoms. The first-order valence-electron chi connectivity index (χ1n) is 8.68. The molecule has 0 fully saturated rings. The second-order valence-corrected chi connectivity index (χ2v) is 6.06. The number of hydrogen-bond acceptors (Lipinski definition) is 7. The third kappa shape index (κ3) is 3.16. The van der Waals surface area contributed by atoms with Gasteiger partial charge in [0.1, 0.15) is 5.71 Å². The number of rotatable bonds is 5. The molecule has 0 radical (unpaired) electrons. The van der Waals surface area contributed by atoms with Crippen molar-refractivity contribution >= 4 is 23.1 Å². The summed E-state index contributed by atoms with van der Waals surface area (Å²) in [4.78, 5) is 29.7. The van der Waals surface area contributed by atoms with Gasteiger partial charge in [0.15, 0.2) is 17.4 Å². The molecule has 28 heavy (non-hydrogen) atoms. The molecule has 0 saturated carbocycles. The fourth-order valence-corrected chi connectivity index (χ4v) is 3.00. The van der Waals surface area contributed by atoms with Gasteiger partial charge in [-0.3, -0.25) is 14.8 Å². The smallest absolute Gasteiger partial charge is 0.254 e. The molecule has 4 rings (SSSR count). The van der Waals surface area contributed by atoms with Crippen molar-refractivity contribution in [2.75, 3.05) is 19.5 Å². The summed E-state index contributed by atoms with van der Waals surface area (Å²) in [5, 5.41) is 5.76. The summed E-state index contributed by atoms with van der Waals surface area (Å²) in [6.07, 6.45) is 4.68. The Labute approximate surface area is 161 Å². The minimum absolute atomic E-state index is 0.252. The zero-order valence-electron chi connectivity index (χ0n) is 15.4. The van der Waals surface area contributed by atoms with Crippen molar-refractivity contribution in [2.24, 2.45) is 4.99 Å². The number of benzene rings is 1. The zero-order chi connectivity index (χ0) is 19.5. The van der Waals surface area contributed by atoms with E-state index in [0.29, 0.717) is 35.2 Å². The maximum absolute atomic E-state index is 12.1. The lowest BCUT2D eigenvalue weighted by Crippen LogP contribution is -2.19. The summed E-state index contributed by atoms with van der Waals surface area (Å²) >= 11 is 0. The quantitative estimate of drug-likeness (QED) is 0.711. The van der Waals surface area contributed by atoms with Gasteiger partial charge >= 0.3 is 0 Å². The number of anilines is 2. The van der Waals surface area contributed by atoms with Gasteiger partial charge in [-0.2, -0.15) is 0 Å². The van der Waals surface area contributed by atoms with Gasteiger partial charge in [0.2, 0.25) is 0 Å². The molecule has 0 saturated heterocycles. The summed E-state index contributed by atoms with van der Waals surface area (Å²) in [5.41, 5.74) is 3.86. The molecule has 1 aliphatic heterocycles. The van der Waals surface area contributed by atoms with Crippen molar-refractivity contribution in [3.05, 3.63) is 71.4 Å². The summed E-state index contributed by atoms with van der Waals surface area (Å²) in [6.45, 7) is 0.606. The highest BCUT2D eigenvalue weighted by Crippen LogP contribution is 2.28. The van der Waals surface area contributed by atoms with Crippen molar-refractivity contribution in [3.8, 4) is 5.75 Å². The maximum Gasteiger partial charge on any atom is 0.254 e. The van der Waals surface area contributed by atoms with Crippen LogP contribution in [-0.4, -0.2) is 40.7 Å². The Kier molecular flexibility index (Phi) is 4.67. The average Bonchev–Trinajstić information content (AvgIpc) is 3.18. The standard InChI is InChI=1S/C20H18N6O2/c1-21-20(27)14-10-22-8-7-15(14)25-18-16(28-2)11-24-19(26-18)17-13-6-4-3-5-12(13)9-23-17/h3-8,10-11H,9H2,1-2H3,(H,21,27)(H,22,24,25,26). The molecular weight excluding hydrogens is 356 g/mol. The fourth-order valence-electron chi connectivity index (χ4n) is 3.00. The van der Waals surface area contributed by atoms with Crippen LogP contribution in [0, 0.1) is 0 Å². The molecule has 0 aliphatic carbocycles. The van der Waals surface area contributed by atoms with Crippen molar-refractivity contribution in [3.63, 3.8) is 0 Å². The molecule has 0 unspecified atom stereocenters. The van der Waals surface area contributed by atoms with Crippen molar-refractivity contribution < 1.29 is 9.53 Å². The molecule has 1 amide bonds. The number of pyridine rings is 1. The summed E-state index contributed by atoms with van der Waals surface area (Å²) in [6, 6.07) is 9.71. The van der Waals surface area contributed by atoms with Gasteiger partial charge in [-0.1, -0.05) is 24.3 Å². The lowest BCUT2D eigenvalue weighted by molar-refractivity contribution is 0.0963. The Hall–Kier alpha value is -3.81. The molecule has 8 nitrogen and oxygen atoms in total. The number of ether oxygens (including phenoxy) is 1. The van der Waals surface area contributed by atoms with Crippen LogP contribution in [0.15, 0.2) is 53.9 Å². The van der Waals surface area contributed by atoms with Crippen LogP contribution in [0.3, 0.4) is 0 Å². The SMILES string of the molecule is CNC(=O)c1cnccc1Nc1nc(C2=NCc3ccccc32)ncc1OC. The largest absolute Gasteiger partial charge is 0.491 e. The first kappa shape index (κ1) is 17.6. The van der Waals surface area contributed by atoms with E-state index in [0.717, 1.165) is 16.8 Å². The predicted molar refractivity (Wildman–Crippen MR) is 105 cm³/mol. The molecule has 0 atom stereocenters. The normalized spacial score (nSPS) is 12.1. The van der Waals surface area contributed by atoms with E-state index in [1.165, 1.54) is 13.3 Å². The lowest BCUT2D eigenvalue weighted by atomic mass is 10.1. The number of carbonyl (C=O) groups excluding carboxylic acids is 1. The topological polar surface area (TPSA) is 101 Å². The highest BCUT2D eigenvalue weighted by molar-refractivity contribution is 6.13. The number of methoxy groups -OCH3 is 1. The lowest BCUT2D eigenvalue weighted by Gasteiger charge is -2.13. The van der Waals surface area contributed by atoms with E-state index in [2.05, 4.69) is 30.6 Å². The number of hydrogen-bond donors (Lipinski definition) is 2. The van der Waals surface area contributed by atoms with Crippen LogP contribution < -0.4 is 15.4 Å². The molecule has 140 valence electrons. The molecule has 0 bridgehead atoms. The van der Waals surface area contributed by atoms with Crippen LogP contribution in [0.25, 0.3) is 0 Å². The molecular formula is C20H18N6O2. The van der Waals surface area contributed by atoms with E-state index >= 15 is 0 Å². The van der Waals surface area contributed by atoms with Gasteiger partial charge in [-0.05, 0) is 11.6 Å². The van der Waals surface area contributed by atoms with E-state index in [1.54, 1.807) is 25.5 Å². The zero-order valence-corrected chi connectivity index (χ0v) is 15.4. The third-order valence-electron chi connectivity index (χ3n) is 4.41. The van der Waals surface area contributed by atoms with Gasteiger partial charge < -0.3 is 15.4 Å². The predicted octanol–water partition coefficient (Wildman–Crippen LogP) is 2.33. The van der Waals surface area contributed by atoms with Crippen LogP contribution in [0.4, 0.5) is 11.5 Å². The van der Waals surface area contributed by atoms with Crippen LogP contribution in [0.2, 0.25) is 0 Å². The highest BCUT2D eigenvalue weighted by atomic mass is 16.5. The molecule has 1 aromatic carbocycles. The van der Waals surface area contributed by atoms with Gasteiger partial charge in [0.25, 0.3) is 5.91 Å². The highest BCUT2D eigenvalue weighted by Gasteiger charge is 2.21. The number of aromatic nitrogens is 3. The maximum atomic E-state index is 12.1. The van der Waals surface area contributed by atoms with E-state index in [-0.39, 0.29) is 5.91 Å². The number of aliphatic imine (C=N–C) groups is 1. The Morgan fingerprint density at radius 1 is 1.18 bits per heavy atom. The molecule has 3 aromatic rings. The minimum Gasteiger partial charge on any atom is -0.491 e. The molecule has 2 aromatic heterocycles. The number of nitrogens with one attached hydrogen (secondary N) is 2. The van der Waals surface area contributed by atoms with Crippen LogP contribution in [0.1, 0.15) is 27.3 Å². The van der Waals surface area contributed by atoms with Crippen LogP contribution >= 0.6 is 0 Å². The first-order valence-corrected chi connectivity index (χ1v) is 8.68. The first-order chi connectivity index (χ1) is 13.7. The van der Waals surface area contributed by atoms with Gasteiger partial charge in [-0.25, -0.2) is 9.97 Å². The second-order valence-electron chi connectivity index (χ2n) is 6.06. The van der Waals surface area contributed by atoms with Crippen LogP contribution in [-0.2, 0) is 6.54 Å². The average molecular weight is 374 g/mol. The van der Waals surface area contributed by atoms with Gasteiger partial charge in [0.05, 0.1) is 31.1 Å². The van der Waals surface area contributed by atoms with E-state index < -0.39 is 0 Å². The molecule has 3 heterocycles. The fraction of sp³-hybridized carbons (Fsp3) is 0.150. The second kappa shape index (κ2) is 7.43. The monoisotopic (exact) mass is 374 g/mol. The van der Waals surface area contributed by atoms with E-state index in [9.17, 15) is 4.79 Å². The Morgan fingerprint density at radius 3 is 2.86 bits per heavy atom. The van der Waals surface area contributed by atoms with E-state index in [4.69, 9.17) is 4.74 Å². The summed E-state index contributed by atoms with van der Waals surface area (Å²) < 4.78 is 5.39. The van der Waals surface area contributed by atoms with Crippen molar-refractivity contribution in [1.82, 2.24) is 20.3 Å². The van der Waals surface area contributed by atoms with Crippen LogP contribution in [0.5, 0.6) is 5.75 Å². The summed E-state index contributed by atoms with van der Waals surface area (Å²) in [7, 11) is 3.11. The van der Waals surface area contributed by atoms with Crippen molar-refractivity contribution in [2.45, 2.75) is 6.54 Å². The molecule has 0 spiro atoms. The van der Waals surface area contributed by atoms with E-state index in [1.807, 2.05) is 24.3 Å². The van der Waals surface area contributed by atoms with Gasteiger partial charge in [-0.15, -0.1) is 0 Å². The third-order valence-corrected chi connectivity index (χ3v) is 4.41. The number of carbonyl (C=O) groups is 1. The number of amides is 1. The Balaban J connectivity index is 1.73. The Morgan fingerprint density at radius 2 is 2.04 bits per heavy atom. The van der Waals surface area contributed by atoms with Crippen molar-refractivity contribution in [1.29, 1.82) is 0 Å². The number of fused-ring (bicyclic) bond motifs is 1.